The number of aryl methyl sites for hydroxylation is 1. The Hall–Kier alpha value is -3.47. The Labute approximate surface area is 188 Å². The number of likely N-dealkylation sites (tertiary alicyclic amines) is 1. The number of benzene rings is 2. The van der Waals surface area contributed by atoms with E-state index in [0.29, 0.717) is 6.54 Å². The van der Waals surface area contributed by atoms with Gasteiger partial charge >= 0.3 is 0 Å². The number of aromatic nitrogens is 1. The molecule has 3 heterocycles. The Morgan fingerprint density at radius 3 is 2.66 bits per heavy atom. The van der Waals surface area contributed by atoms with E-state index < -0.39 is 5.92 Å². The summed E-state index contributed by atoms with van der Waals surface area (Å²) in [5.74, 6) is -0.261. The fraction of sp³-hybridized carbons (Fsp3) is 0.296. The van der Waals surface area contributed by atoms with Crippen LogP contribution in [0.25, 0.3) is 11.1 Å². The lowest BCUT2D eigenvalue weighted by molar-refractivity contribution is -0.136. The van der Waals surface area contributed by atoms with Crippen molar-refractivity contribution in [3.8, 4) is 11.1 Å². The summed E-state index contributed by atoms with van der Waals surface area (Å²) in [5, 5.41) is 2.89. The number of piperidine rings is 1. The van der Waals surface area contributed by atoms with Crippen LogP contribution >= 0.6 is 0 Å². The first-order chi connectivity index (χ1) is 15.6. The molecule has 0 saturated carbocycles. The summed E-state index contributed by atoms with van der Waals surface area (Å²) in [7, 11) is 0. The first kappa shape index (κ1) is 20.4. The topological polar surface area (TPSA) is 62.3 Å². The monoisotopic (exact) mass is 425 g/mol. The first-order valence-corrected chi connectivity index (χ1v) is 11.3. The van der Waals surface area contributed by atoms with Crippen molar-refractivity contribution in [2.24, 2.45) is 0 Å². The lowest BCUT2D eigenvalue weighted by Crippen LogP contribution is -2.43. The molecule has 2 aromatic carbocycles. The maximum Gasteiger partial charge on any atom is 0.230 e. The van der Waals surface area contributed by atoms with E-state index in [2.05, 4.69) is 29.6 Å². The van der Waals surface area contributed by atoms with E-state index in [1.165, 1.54) is 5.56 Å². The van der Waals surface area contributed by atoms with Gasteiger partial charge in [-0.3, -0.25) is 14.6 Å². The Morgan fingerprint density at radius 2 is 1.81 bits per heavy atom. The summed E-state index contributed by atoms with van der Waals surface area (Å²) < 4.78 is 0. The van der Waals surface area contributed by atoms with Crippen LogP contribution in [-0.2, 0) is 9.59 Å². The van der Waals surface area contributed by atoms with Crippen LogP contribution < -0.4 is 5.32 Å². The molecule has 32 heavy (non-hydrogen) atoms. The highest BCUT2D eigenvalue weighted by Gasteiger charge is 2.35. The van der Waals surface area contributed by atoms with Gasteiger partial charge in [0.1, 0.15) is 0 Å². The third-order valence-corrected chi connectivity index (χ3v) is 6.53. The summed E-state index contributed by atoms with van der Waals surface area (Å²) in [4.78, 5) is 32.5. The van der Waals surface area contributed by atoms with Crippen LogP contribution in [0.1, 0.15) is 48.0 Å². The molecule has 0 unspecified atom stereocenters. The predicted molar refractivity (Wildman–Crippen MR) is 125 cm³/mol. The van der Waals surface area contributed by atoms with Crippen molar-refractivity contribution >= 4 is 17.5 Å². The summed E-state index contributed by atoms with van der Waals surface area (Å²) >= 11 is 0. The smallest absolute Gasteiger partial charge is 0.230 e. The zero-order valence-corrected chi connectivity index (χ0v) is 18.3. The lowest BCUT2D eigenvalue weighted by Gasteiger charge is -2.36. The SMILES string of the molecule is Cc1cc(-c2ccccc2)cc([C@H]2CCCN(C(=O)[C@@H]3CC(=O)Nc4ccccc43)C2)n1. The van der Waals surface area contributed by atoms with Crippen LogP contribution in [0, 0.1) is 6.92 Å². The summed E-state index contributed by atoms with van der Waals surface area (Å²) in [6.07, 6.45) is 2.15. The van der Waals surface area contributed by atoms with Gasteiger partial charge in [0.05, 0.1) is 5.92 Å². The van der Waals surface area contributed by atoms with Crippen molar-refractivity contribution in [2.75, 3.05) is 18.4 Å². The number of fused-ring (bicyclic) bond motifs is 1. The lowest BCUT2D eigenvalue weighted by atomic mass is 9.87. The van der Waals surface area contributed by atoms with Crippen LogP contribution in [0.4, 0.5) is 5.69 Å². The highest BCUT2D eigenvalue weighted by molar-refractivity contribution is 6.01. The van der Waals surface area contributed by atoms with Gasteiger partial charge in [-0.25, -0.2) is 0 Å². The van der Waals surface area contributed by atoms with Crippen molar-refractivity contribution < 1.29 is 9.59 Å². The van der Waals surface area contributed by atoms with Crippen LogP contribution in [0.3, 0.4) is 0 Å². The highest BCUT2D eigenvalue weighted by atomic mass is 16.2. The molecule has 0 spiro atoms. The van der Waals surface area contributed by atoms with Gasteiger partial charge in [0.25, 0.3) is 0 Å². The summed E-state index contributed by atoms with van der Waals surface area (Å²) in [6.45, 7) is 3.40. The Morgan fingerprint density at radius 1 is 1.03 bits per heavy atom. The second kappa shape index (κ2) is 8.58. The van der Waals surface area contributed by atoms with Gasteiger partial charge < -0.3 is 10.2 Å². The largest absolute Gasteiger partial charge is 0.341 e. The van der Waals surface area contributed by atoms with E-state index in [9.17, 15) is 9.59 Å². The number of hydrogen-bond acceptors (Lipinski definition) is 3. The van der Waals surface area contributed by atoms with Crippen LogP contribution in [0.2, 0.25) is 0 Å². The van der Waals surface area contributed by atoms with Gasteiger partial charge in [-0.2, -0.15) is 0 Å². The number of para-hydroxylation sites is 1. The highest BCUT2D eigenvalue weighted by Crippen LogP contribution is 2.36. The van der Waals surface area contributed by atoms with Gasteiger partial charge in [-0.05, 0) is 54.7 Å². The zero-order valence-electron chi connectivity index (χ0n) is 18.3. The van der Waals surface area contributed by atoms with Gasteiger partial charge in [0.2, 0.25) is 11.8 Å². The fourth-order valence-corrected chi connectivity index (χ4v) is 4.97. The van der Waals surface area contributed by atoms with E-state index in [-0.39, 0.29) is 24.2 Å². The van der Waals surface area contributed by atoms with Crippen molar-refractivity contribution in [1.29, 1.82) is 0 Å². The normalized spacial score (nSPS) is 20.4. The fourth-order valence-electron chi connectivity index (χ4n) is 4.97. The molecule has 3 aromatic rings. The van der Waals surface area contributed by atoms with Crippen molar-refractivity contribution in [3.63, 3.8) is 0 Å². The number of nitrogens with one attached hydrogen (secondary N) is 1. The molecule has 5 nitrogen and oxygen atoms in total. The minimum atomic E-state index is -0.413. The molecular weight excluding hydrogens is 398 g/mol. The number of pyridine rings is 1. The number of carbonyl (C=O) groups excluding carboxylic acids is 2. The van der Waals surface area contributed by atoms with E-state index in [4.69, 9.17) is 4.98 Å². The Bertz CT molecular complexity index is 1160. The number of nitrogens with zero attached hydrogens (tertiary/aromatic N) is 2. The third kappa shape index (κ3) is 4.03. The van der Waals surface area contributed by atoms with E-state index in [1.807, 2.05) is 54.3 Å². The molecule has 0 aliphatic carbocycles. The average Bonchev–Trinajstić information content (AvgIpc) is 2.83. The van der Waals surface area contributed by atoms with Gasteiger partial charge in [0.15, 0.2) is 0 Å². The molecule has 5 rings (SSSR count). The van der Waals surface area contributed by atoms with Gasteiger partial charge in [-0.15, -0.1) is 0 Å². The van der Waals surface area contributed by atoms with Gasteiger partial charge in [0, 0.05) is 42.5 Å². The second-order valence-corrected chi connectivity index (χ2v) is 8.80. The number of rotatable bonds is 3. The molecule has 1 N–H and O–H groups in total. The van der Waals surface area contributed by atoms with Gasteiger partial charge in [-0.1, -0.05) is 48.5 Å². The summed E-state index contributed by atoms with van der Waals surface area (Å²) in [6, 6.07) is 22.3. The Balaban J connectivity index is 1.39. The van der Waals surface area contributed by atoms with E-state index >= 15 is 0 Å². The summed E-state index contributed by atoms with van der Waals surface area (Å²) in [5.41, 5.74) is 6.04. The van der Waals surface area contributed by atoms with Crippen LogP contribution in [0.15, 0.2) is 66.7 Å². The number of anilines is 1. The quantitative estimate of drug-likeness (QED) is 0.650. The predicted octanol–water partition coefficient (Wildman–Crippen LogP) is 4.89. The molecule has 0 radical (unpaired) electrons. The molecule has 2 aliphatic heterocycles. The molecule has 2 atom stereocenters. The Kier molecular flexibility index (Phi) is 5.48. The molecule has 5 heteroatoms. The molecule has 2 aliphatic rings. The van der Waals surface area contributed by atoms with Crippen molar-refractivity contribution in [3.05, 3.63) is 83.7 Å². The average molecular weight is 426 g/mol. The zero-order chi connectivity index (χ0) is 22.1. The molecule has 1 saturated heterocycles. The second-order valence-electron chi connectivity index (χ2n) is 8.80. The number of carbonyl (C=O) groups is 2. The van der Waals surface area contributed by atoms with E-state index in [1.54, 1.807) is 0 Å². The molecular formula is C27H27N3O2. The van der Waals surface area contributed by atoms with Crippen molar-refractivity contribution in [2.45, 2.75) is 38.0 Å². The van der Waals surface area contributed by atoms with E-state index in [0.717, 1.165) is 47.6 Å². The van der Waals surface area contributed by atoms with Crippen LogP contribution in [0.5, 0.6) is 0 Å². The maximum atomic E-state index is 13.5. The number of amides is 2. The number of hydrogen-bond donors (Lipinski definition) is 1. The molecule has 2 amide bonds. The van der Waals surface area contributed by atoms with Crippen LogP contribution in [-0.4, -0.2) is 34.8 Å². The van der Waals surface area contributed by atoms with Crippen molar-refractivity contribution in [1.82, 2.24) is 9.88 Å². The standard InChI is InChI=1S/C27H27N3O2/c1-18-14-21(19-8-3-2-4-9-19)15-25(28-18)20-10-7-13-30(17-20)27(32)23-16-26(31)29-24-12-6-5-11-22(23)24/h2-6,8-9,11-12,14-15,20,23H,7,10,13,16-17H2,1H3,(H,29,31)/t20-,23+/m0/s1. The third-order valence-electron chi connectivity index (χ3n) is 6.53. The molecule has 1 aromatic heterocycles. The first-order valence-electron chi connectivity index (χ1n) is 11.3. The molecule has 1 fully saturated rings. The minimum Gasteiger partial charge on any atom is -0.341 e. The molecule has 162 valence electrons. The molecule has 0 bridgehead atoms. The minimum absolute atomic E-state index is 0.0490. The maximum absolute atomic E-state index is 13.5.